The van der Waals surface area contributed by atoms with E-state index in [1.165, 1.54) is 19.0 Å². The number of nitrogens with zero attached hydrogens (tertiary/aromatic N) is 2. The van der Waals surface area contributed by atoms with Crippen LogP contribution >= 0.6 is 0 Å². The van der Waals surface area contributed by atoms with Gasteiger partial charge in [0.1, 0.15) is 5.82 Å². The van der Waals surface area contributed by atoms with Crippen LogP contribution in [0.4, 0.5) is 5.82 Å². The van der Waals surface area contributed by atoms with E-state index in [-0.39, 0.29) is 5.56 Å². The van der Waals surface area contributed by atoms with Crippen molar-refractivity contribution < 1.29 is 9.90 Å². The van der Waals surface area contributed by atoms with Gasteiger partial charge in [-0.3, -0.25) is 0 Å². The summed E-state index contributed by atoms with van der Waals surface area (Å²) in [6.45, 7) is 7.39. The lowest BCUT2D eigenvalue weighted by Gasteiger charge is -2.26. The Bertz CT molecular complexity index is 467. The van der Waals surface area contributed by atoms with Crippen molar-refractivity contribution in [2.75, 3.05) is 11.4 Å². The Labute approximate surface area is 114 Å². The van der Waals surface area contributed by atoms with Gasteiger partial charge in [0.25, 0.3) is 0 Å². The first-order valence-electron chi connectivity index (χ1n) is 6.95. The number of hydrogen-bond acceptors (Lipinski definition) is 3. The smallest absolute Gasteiger partial charge is 0.337 e. The molecule has 2 rings (SSSR count). The summed E-state index contributed by atoms with van der Waals surface area (Å²) >= 11 is 0. The summed E-state index contributed by atoms with van der Waals surface area (Å²) in [7, 11) is 0. The molecule has 104 valence electrons. The SMILES string of the molecule is Cc1cc(C(=O)O)cnc1N(CCC(C)C)C1CC1. The lowest BCUT2D eigenvalue weighted by Crippen LogP contribution is -2.29. The van der Waals surface area contributed by atoms with Gasteiger partial charge in [0.2, 0.25) is 0 Å². The summed E-state index contributed by atoms with van der Waals surface area (Å²) < 4.78 is 0. The maximum Gasteiger partial charge on any atom is 0.337 e. The average molecular weight is 262 g/mol. The van der Waals surface area contributed by atoms with E-state index in [1.807, 2.05) is 6.92 Å². The van der Waals surface area contributed by atoms with Crippen LogP contribution < -0.4 is 4.90 Å². The van der Waals surface area contributed by atoms with Crippen molar-refractivity contribution in [1.29, 1.82) is 0 Å². The minimum Gasteiger partial charge on any atom is -0.478 e. The van der Waals surface area contributed by atoms with E-state index in [0.717, 1.165) is 24.3 Å². The van der Waals surface area contributed by atoms with Gasteiger partial charge < -0.3 is 10.0 Å². The second-order valence-electron chi connectivity index (χ2n) is 5.78. The van der Waals surface area contributed by atoms with Crippen molar-refractivity contribution in [2.24, 2.45) is 5.92 Å². The first-order valence-corrected chi connectivity index (χ1v) is 6.95. The molecule has 4 heteroatoms. The van der Waals surface area contributed by atoms with Crippen LogP contribution in [0.15, 0.2) is 12.3 Å². The molecule has 0 spiro atoms. The number of carboxylic acids is 1. The quantitative estimate of drug-likeness (QED) is 0.856. The minimum atomic E-state index is -0.915. The molecule has 4 nitrogen and oxygen atoms in total. The number of aromatic carboxylic acids is 1. The number of aryl methyl sites for hydroxylation is 1. The van der Waals surface area contributed by atoms with Crippen molar-refractivity contribution in [3.05, 3.63) is 23.4 Å². The van der Waals surface area contributed by atoms with Crippen molar-refractivity contribution in [1.82, 2.24) is 4.98 Å². The fraction of sp³-hybridized carbons (Fsp3) is 0.600. The molecule has 0 aromatic carbocycles. The highest BCUT2D eigenvalue weighted by Crippen LogP contribution is 2.32. The Balaban J connectivity index is 2.19. The fourth-order valence-electron chi connectivity index (χ4n) is 2.23. The van der Waals surface area contributed by atoms with Crippen LogP contribution in [0.3, 0.4) is 0 Å². The van der Waals surface area contributed by atoms with Crippen LogP contribution in [0, 0.1) is 12.8 Å². The minimum absolute atomic E-state index is 0.265. The van der Waals surface area contributed by atoms with Crippen LogP contribution in [-0.2, 0) is 0 Å². The predicted molar refractivity (Wildman–Crippen MR) is 75.8 cm³/mol. The topological polar surface area (TPSA) is 53.4 Å². The number of hydrogen-bond donors (Lipinski definition) is 1. The number of aromatic nitrogens is 1. The van der Waals surface area contributed by atoms with E-state index in [9.17, 15) is 4.79 Å². The van der Waals surface area contributed by atoms with Crippen LogP contribution in [0.1, 0.15) is 49.0 Å². The summed E-state index contributed by atoms with van der Waals surface area (Å²) in [4.78, 5) is 17.7. The lowest BCUT2D eigenvalue weighted by atomic mass is 10.1. The summed E-state index contributed by atoms with van der Waals surface area (Å²) in [6.07, 6.45) is 5.05. The first kappa shape index (κ1) is 13.8. The van der Waals surface area contributed by atoms with E-state index in [1.54, 1.807) is 6.07 Å². The monoisotopic (exact) mass is 262 g/mol. The van der Waals surface area contributed by atoms with Crippen molar-refractivity contribution in [3.63, 3.8) is 0 Å². The van der Waals surface area contributed by atoms with Gasteiger partial charge in [-0.15, -0.1) is 0 Å². The highest BCUT2D eigenvalue weighted by atomic mass is 16.4. The Kier molecular flexibility index (Phi) is 4.08. The Morgan fingerprint density at radius 3 is 2.68 bits per heavy atom. The molecule has 0 amide bonds. The standard InChI is InChI=1S/C15H22N2O2/c1-10(2)6-7-17(13-4-5-13)14-11(3)8-12(9-16-14)15(18)19/h8-10,13H,4-7H2,1-3H3,(H,18,19). The molecular formula is C15H22N2O2. The Hall–Kier alpha value is -1.58. The molecule has 0 saturated heterocycles. The molecule has 1 heterocycles. The number of carboxylic acid groups (broad SMARTS) is 1. The number of pyridine rings is 1. The van der Waals surface area contributed by atoms with Gasteiger partial charge >= 0.3 is 5.97 Å². The van der Waals surface area contributed by atoms with Gasteiger partial charge in [-0.05, 0) is 43.7 Å². The summed E-state index contributed by atoms with van der Waals surface area (Å²) in [5.74, 6) is 0.704. The van der Waals surface area contributed by atoms with Crippen LogP contribution in [0.2, 0.25) is 0 Å². The number of carbonyl (C=O) groups is 1. The summed E-state index contributed by atoms with van der Waals surface area (Å²) in [5.41, 5.74) is 1.22. The molecule has 1 aliphatic carbocycles. The largest absolute Gasteiger partial charge is 0.478 e. The van der Waals surface area contributed by atoms with Gasteiger partial charge in [0.05, 0.1) is 5.56 Å². The third-order valence-electron chi connectivity index (χ3n) is 3.50. The first-order chi connectivity index (χ1) is 8.99. The van der Waals surface area contributed by atoms with Crippen LogP contribution in [-0.4, -0.2) is 28.6 Å². The van der Waals surface area contributed by atoms with Crippen molar-refractivity contribution in [3.8, 4) is 0 Å². The van der Waals surface area contributed by atoms with E-state index in [4.69, 9.17) is 5.11 Å². The fourth-order valence-corrected chi connectivity index (χ4v) is 2.23. The van der Waals surface area contributed by atoms with Crippen LogP contribution in [0.5, 0.6) is 0 Å². The molecule has 1 aromatic heterocycles. The molecule has 1 N–H and O–H groups in total. The number of rotatable bonds is 6. The van der Waals surface area contributed by atoms with Gasteiger partial charge in [0, 0.05) is 18.8 Å². The number of anilines is 1. The summed E-state index contributed by atoms with van der Waals surface area (Å²) in [5, 5.41) is 8.98. The summed E-state index contributed by atoms with van der Waals surface area (Å²) in [6, 6.07) is 2.32. The third-order valence-corrected chi connectivity index (χ3v) is 3.50. The lowest BCUT2D eigenvalue weighted by molar-refractivity contribution is 0.0696. The average Bonchev–Trinajstić information content (AvgIpc) is 3.14. The Morgan fingerprint density at radius 1 is 1.53 bits per heavy atom. The normalized spacial score (nSPS) is 14.7. The molecule has 1 aromatic rings. The van der Waals surface area contributed by atoms with E-state index in [2.05, 4.69) is 23.7 Å². The molecule has 0 atom stereocenters. The van der Waals surface area contributed by atoms with E-state index >= 15 is 0 Å². The molecule has 0 radical (unpaired) electrons. The van der Waals surface area contributed by atoms with Gasteiger partial charge in [0.15, 0.2) is 0 Å². The van der Waals surface area contributed by atoms with Gasteiger partial charge in [-0.1, -0.05) is 13.8 Å². The molecule has 1 saturated carbocycles. The second kappa shape index (κ2) is 5.59. The highest BCUT2D eigenvalue weighted by Gasteiger charge is 2.30. The predicted octanol–water partition coefficient (Wildman–Crippen LogP) is 3.10. The maximum absolute atomic E-state index is 10.9. The maximum atomic E-state index is 10.9. The molecule has 1 fully saturated rings. The molecule has 1 aliphatic rings. The van der Waals surface area contributed by atoms with E-state index in [0.29, 0.717) is 12.0 Å². The second-order valence-corrected chi connectivity index (χ2v) is 5.78. The van der Waals surface area contributed by atoms with E-state index < -0.39 is 5.97 Å². The third kappa shape index (κ3) is 3.46. The van der Waals surface area contributed by atoms with Gasteiger partial charge in [-0.25, -0.2) is 9.78 Å². The molecule has 0 bridgehead atoms. The molecule has 19 heavy (non-hydrogen) atoms. The zero-order valence-electron chi connectivity index (χ0n) is 11.9. The molecular weight excluding hydrogens is 240 g/mol. The zero-order valence-corrected chi connectivity index (χ0v) is 11.9. The Morgan fingerprint density at radius 2 is 2.21 bits per heavy atom. The van der Waals surface area contributed by atoms with Crippen LogP contribution in [0.25, 0.3) is 0 Å². The molecule has 0 unspecified atom stereocenters. The van der Waals surface area contributed by atoms with Gasteiger partial charge in [-0.2, -0.15) is 0 Å². The zero-order chi connectivity index (χ0) is 14.0. The van der Waals surface area contributed by atoms with Crippen molar-refractivity contribution >= 4 is 11.8 Å². The molecule has 0 aliphatic heterocycles. The highest BCUT2D eigenvalue weighted by molar-refractivity contribution is 5.87. The van der Waals surface area contributed by atoms with Crippen molar-refractivity contribution in [2.45, 2.75) is 46.1 Å².